The van der Waals surface area contributed by atoms with Gasteiger partial charge >= 0.3 is 6.18 Å². The fraction of sp³-hybridized carbons (Fsp3) is 0.600. The average molecular weight is 286 g/mol. The maximum atomic E-state index is 12.5. The molecule has 1 fully saturated rings. The highest BCUT2D eigenvalue weighted by atomic mass is 19.4. The summed E-state index contributed by atoms with van der Waals surface area (Å²) in [5, 5.41) is 6.74. The van der Waals surface area contributed by atoms with Crippen molar-refractivity contribution >= 4 is 0 Å². The molecule has 0 radical (unpaired) electrons. The second-order valence-corrected chi connectivity index (χ2v) is 5.44. The number of nitrogens with one attached hydrogen (secondary N) is 2. The Kier molecular flexibility index (Phi) is 5.05. The van der Waals surface area contributed by atoms with Gasteiger partial charge in [-0.2, -0.15) is 13.2 Å². The molecule has 2 N–H and O–H groups in total. The lowest BCUT2D eigenvalue weighted by Crippen LogP contribution is -2.34. The molecule has 1 aliphatic heterocycles. The summed E-state index contributed by atoms with van der Waals surface area (Å²) >= 11 is 0. The van der Waals surface area contributed by atoms with E-state index in [1.165, 1.54) is 0 Å². The first-order chi connectivity index (χ1) is 9.47. The monoisotopic (exact) mass is 286 g/mol. The number of hydrogen-bond donors (Lipinski definition) is 2. The van der Waals surface area contributed by atoms with E-state index in [9.17, 15) is 13.2 Å². The zero-order chi connectivity index (χ0) is 14.6. The van der Waals surface area contributed by atoms with Crippen molar-refractivity contribution in [1.29, 1.82) is 0 Å². The lowest BCUT2D eigenvalue weighted by molar-refractivity contribution is -0.137. The quantitative estimate of drug-likeness (QED) is 0.887. The lowest BCUT2D eigenvalue weighted by atomic mass is 9.97. The van der Waals surface area contributed by atoms with Crippen molar-refractivity contribution in [3.05, 3.63) is 35.4 Å². The summed E-state index contributed by atoms with van der Waals surface area (Å²) in [5.74, 6) is 0.660. The SMILES string of the molecule is CC(NCC1CCNCC1)c1ccc(C(F)(F)F)cc1. The molecule has 20 heavy (non-hydrogen) atoms. The van der Waals surface area contributed by atoms with Crippen molar-refractivity contribution in [2.24, 2.45) is 5.92 Å². The van der Waals surface area contributed by atoms with Gasteiger partial charge in [0.2, 0.25) is 0 Å². The van der Waals surface area contributed by atoms with E-state index in [0.717, 1.165) is 50.2 Å². The molecule has 0 aromatic heterocycles. The zero-order valence-electron chi connectivity index (χ0n) is 11.6. The Morgan fingerprint density at radius 3 is 2.35 bits per heavy atom. The van der Waals surface area contributed by atoms with Crippen LogP contribution in [0.25, 0.3) is 0 Å². The molecular weight excluding hydrogens is 265 g/mol. The Morgan fingerprint density at radius 1 is 1.20 bits per heavy atom. The molecule has 2 nitrogen and oxygen atoms in total. The third-order valence-electron chi connectivity index (χ3n) is 3.91. The molecule has 5 heteroatoms. The van der Waals surface area contributed by atoms with Gasteiger partial charge in [-0.1, -0.05) is 12.1 Å². The summed E-state index contributed by atoms with van der Waals surface area (Å²) < 4.78 is 37.5. The van der Waals surface area contributed by atoms with Crippen LogP contribution in [0.1, 0.15) is 36.9 Å². The third-order valence-corrected chi connectivity index (χ3v) is 3.91. The molecule has 1 heterocycles. The predicted octanol–water partition coefficient (Wildman–Crippen LogP) is 3.36. The highest BCUT2D eigenvalue weighted by Gasteiger charge is 2.30. The smallest absolute Gasteiger partial charge is 0.317 e. The maximum absolute atomic E-state index is 12.5. The van der Waals surface area contributed by atoms with Crippen LogP contribution in [0.5, 0.6) is 0 Å². The number of alkyl halides is 3. The van der Waals surface area contributed by atoms with E-state index >= 15 is 0 Å². The Bertz CT molecular complexity index is 408. The van der Waals surface area contributed by atoms with Crippen molar-refractivity contribution in [2.45, 2.75) is 32.0 Å². The minimum absolute atomic E-state index is 0.0761. The van der Waals surface area contributed by atoms with E-state index in [1.807, 2.05) is 6.92 Å². The van der Waals surface area contributed by atoms with Gasteiger partial charge in [0.05, 0.1) is 5.56 Å². The van der Waals surface area contributed by atoms with E-state index in [0.29, 0.717) is 5.92 Å². The van der Waals surface area contributed by atoms with E-state index in [4.69, 9.17) is 0 Å². The summed E-state index contributed by atoms with van der Waals surface area (Å²) in [6, 6.07) is 5.49. The van der Waals surface area contributed by atoms with E-state index in [-0.39, 0.29) is 6.04 Å². The van der Waals surface area contributed by atoms with Gasteiger partial charge in [0.1, 0.15) is 0 Å². The lowest BCUT2D eigenvalue weighted by Gasteiger charge is -2.25. The zero-order valence-corrected chi connectivity index (χ0v) is 11.6. The topological polar surface area (TPSA) is 24.1 Å². The number of piperidine rings is 1. The van der Waals surface area contributed by atoms with E-state index in [2.05, 4.69) is 10.6 Å². The molecule has 112 valence electrons. The van der Waals surface area contributed by atoms with Crippen LogP contribution in [0.2, 0.25) is 0 Å². The van der Waals surface area contributed by atoms with Crippen LogP contribution in [0.4, 0.5) is 13.2 Å². The van der Waals surface area contributed by atoms with Crippen molar-refractivity contribution < 1.29 is 13.2 Å². The Hall–Kier alpha value is -1.07. The minimum atomic E-state index is -4.26. The van der Waals surface area contributed by atoms with Gasteiger partial charge in [-0.3, -0.25) is 0 Å². The van der Waals surface area contributed by atoms with Crippen LogP contribution in [-0.4, -0.2) is 19.6 Å². The summed E-state index contributed by atoms with van der Waals surface area (Å²) in [4.78, 5) is 0. The first-order valence-electron chi connectivity index (χ1n) is 7.08. The fourth-order valence-electron chi connectivity index (χ4n) is 2.51. The van der Waals surface area contributed by atoms with Crippen molar-refractivity contribution in [3.8, 4) is 0 Å². The number of hydrogen-bond acceptors (Lipinski definition) is 2. The van der Waals surface area contributed by atoms with Crippen LogP contribution >= 0.6 is 0 Å². The number of rotatable bonds is 4. The van der Waals surface area contributed by atoms with E-state index < -0.39 is 11.7 Å². The first-order valence-corrected chi connectivity index (χ1v) is 7.08. The van der Waals surface area contributed by atoms with Gasteiger partial charge in [-0.25, -0.2) is 0 Å². The highest BCUT2D eigenvalue weighted by molar-refractivity contribution is 5.26. The van der Waals surface area contributed by atoms with Crippen LogP contribution in [0, 0.1) is 5.92 Å². The molecule has 1 atom stereocenters. The molecule has 0 bridgehead atoms. The fourth-order valence-corrected chi connectivity index (χ4v) is 2.51. The highest BCUT2D eigenvalue weighted by Crippen LogP contribution is 2.29. The van der Waals surface area contributed by atoms with E-state index in [1.54, 1.807) is 12.1 Å². The number of benzene rings is 1. The molecule has 2 rings (SSSR count). The molecule has 0 aliphatic carbocycles. The summed E-state index contributed by atoms with van der Waals surface area (Å²) in [6.45, 7) is 5.02. The molecular formula is C15H21F3N2. The molecule has 0 spiro atoms. The Balaban J connectivity index is 1.87. The van der Waals surface area contributed by atoms with Gasteiger partial charge in [-0.15, -0.1) is 0 Å². The Morgan fingerprint density at radius 2 is 1.80 bits per heavy atom. The summed E-state index contributed by atoms with van der Waals surface area (Å²) in [6.07, 6.45) is -1.94. The standard InChI is InChI=1S/C15H21F3N2/c1-11(20-10-12-6-8-19-9-7-12)13-2-4-14(5-3-13)15(16,17)18/h2-5,11-12,19-20H,6-10H2,1H3. The summed E-state index contributed by atoms with van der Waals surface area (Å²) in [7, 11) is 0. The second kappa shape index (κ2) is 6.59. The van der Waals surface area contributed by atoms with Crippen molar-refractivity contribution in [1.82, 2.24) is 10.6 Å². The van der Waals surface area contributed by atoms with Crippen LogP contribution in [0.3, 0.4) is 0 Å². The van der Waals surface area contributed by atoms with Gasteiger partial charge in [-0.05, 0) is 63.0 Å². The van der Waals surface area contributed by atoms with Gasteiger partial charge in [0.25, 0.3) is 0 Å². The second-order valence-electron chi connectivity index (χ2n) is 5.44. The maximum Gasteiger partial charge on any atom is 0.416 e. The average Bonchev–Trinajstić information content (AvgIpc) is 2.45. The molecule has 0 amide bonds. The first kappa shape index (κ1) is 15.3. The van der Waals surface area contributed by atoms with Crippen molar-refractivity contribution in [3.63, 3.8) is 0 Å². The third kappa shape index (κ3) is 4.21. The number of halogens is 3. The van der Waals surface area contributed by atoms with Crippen molar-refractivity contribution in [2.75, 3.05) is 19.6 Å². The molecule has 1 unspecified atom stereocenters. The normalized spacial score (nSPS) is 19.0. The minimum Gasteiger partial charge on any atom is -0.317 e. The van der Waals surface area contributed by atoms with Crippen LogP contribution in [0.15, 0.2) is 24.3 Å². The molecule has 1 saturated heterocycles. The van der Waals surface area contributed by atoms with Gasteiger partial charge < -0.3 is 10.6 Å². The predicted molar refractivity (Wildman–Crippen MR) is 73.5 cm³/mol. The largest absolute Gasteiger partial charge is 0.416 e. The van der Waals surface area contributed by atoms with Gasteiger partial charge in [0, 0.05) is 6.04 Å². The molecule has 1 aromatic carbocycles. The van der Waals surface area contributed by atoms with Crippen LogP contribution in [-0.2, 0) is 6.18 Å². The van der Waals surface area contributed by atoms with Crippen LogP contribution < -0.4 is 10.6 Å². The molecule has 1 aliphatic rings. The molecule has 1 aromatic rings. The molecule has 0 saturated carbocycles. The Labute approximate surface area is 117 Å². The summed E-state index contributed by atoms with van der Waals surface area (Å²) in [5.41, 5.74) is 0.304. The van der Waals surface area contributed by atoms with Gasteiger partial charge in [0.15, 0.2) is 0 Å².